The minimum atomic E-state index is -0.992. The third-order valence-corrected chi connectivity index (χ3v) is 7.89. The van der Waals surface area contributed by atoms with Gasteiger partial charge in [0.2, 0.25) is 17.7 Å². The van der Waals surface area contributed by atoms with Crippen LogP contribution in [0.5, 0.6) is 0 Å². The maximum Gasteiger partial charge on any atom is 0.312 e. The standard InChI is InChI=1S/C35H52N6O8/c1-21(2)26-19-29(43)41(33(26)46)18-9-7-8-12-28(42)40-30(22(3)4)32(45)39-27(11-10-17-37-35(36)48)31(44)38-25-15-13-24(14-16-25)20-49-34(47)23(5)6/h13-16,19,21-23,27,30H,7-12,17-18,20H2,1-6H3,(H,38,44)(H,39,45)(H,40,42)(H3,36,37,48)/t27-,30-/m0/s1. The largest absolute Gasteiger partial charge is 0.461 e. The van der Waals surface area contributed by atoms with E-state index in [2.05, 4.69) is 21.3 Å². The molecule has 7 amide bonds. The molecule has 1 aliphatic heterocycles. The number of urea groups is 1. The normalized spacial score (nSPS) is 14.1. The van der Waals surface area contributed by atoms with Gasteiger partial charge in [-0.3, -0.25) is 33.7 Å². The predicted octanol–water partition coefficient (Wildman–Crippen LogP) is 2.91. The fraction of sp³-hybridized carbons (Fsp3) is 0.571. The van der Waals surface area contributed by atoms with Crippen LogP contribution in [-0.4, -0.2) is 71.6 Å². The van der Waals surface area contributed by atoms with Gasteiger partial charge in [-0.15, -0.1) is 0 Å². The van der Waals surface area contributed by atoms with Crippen molar-refractivity contribution in [2.45, 2.75) is 98.8 Å². The summed E-state index contributed by atoms with van der Waals surface area (Å²) in [6, 6.07) is 4.12. The first-order valence-electron chi connectivity index (χ1n) is 16.9. The van der Waals surface area contributed by atoms with E-state index in [0.717, 1.165) is 5.56 Å². The number of benzene rings is 1. The Labute approximate surface area is 288 Å². The smallest absolute Gasteiger partial charge is 0.312 e. The highest BCUT2D eigenvalue weighted by molar-refractivity contribution is 6.16. The van der Waals surface area contributed by atoms with Crippen molar-refractivity contribution >= 4 is 47.2 Å². The van der Waals surface area contributed by atoms with Crippen LogP contribution in [0.1, 0.15) is 85.6 Å². The molecule has 14 heteroatoms. The molecule has 6 N–H and O–H groups in total. The summed E-state index contributed by atoms with van der Waals surface area (Å²) in [4.78, 5) is 88.2. The van der Waals surface area contributed by atoms with Crippen molar-refractivity contribution in [2.24, 2.45) is 23.5 Å². The zero-order chi connectivity index (χ0) is 36.7. The molecule has 2 atom stereocenters. The minimum absolute atomic E-state index is 0.0351. The molecule has 49 heavy (non-hydrogen) atoms. The Hall–Kier alpha value is -4.75. The predicted molar refractivity (Wildman–Crippen MR) is 183 cm³/mol. The number of nitrogens with one attached hydrogen (secondary N) is 4. The topological polar surface area (TPSA) is 206 Å². The molecule has 0 unspecified atom stereocenters. The maximum atomic E-state index is 13.4. The number of carbonyl (C=O) groups is 7. The zero-order valence-corrected chi connectivity index (χ0v) is 29.4. The number of carbonyl (C=O) groups excluding carboxylic acids is 7. The van der Waals surface area contributed by atoms with Gasteiger partial charge in [0.1, 0.15) is 18.7 Å². The highest BCUT2D eigenvalue weighted by Gasteiger charge is 2.32. The molecule has 270 valence electrons. The van der Waals surface area contributed by atoms with Crippen molar-refractivity contribution in [3.63, 3.8) is 0 Å². The number of anilines is 1. The lowest BCUT2D eigenvalue weighted by molar-refractivity contribution is -0.148. The van der Waals surface area contributed by atoms with E-state index in [4.69, 9.17) is 10.5 Å². The van der Waals surface area contributed by atoms with Gasteiger partial charge in [0.25, 0.3) is 11.8 Å². The second-order valence-corrected chi connectivity index (χ2v) is 13.1. The third kappa shape index (κ3) is 13.7. The van der Waals surface area contributed by atoms with Crippen LogP contribution < -0.4 is 27.0 Å². The second-order valence-electron chi connectivity index (χ2n) is 13.1. The third-order valence-electron chi connectivity index (χ3n) is 7.89. The highest BCUT2D eigenvalue weighted by Crippen LogP contribution is 2.21. The molecule has 0 fully saturated rings. The summed E-state index contributed by atoms with van der Waals surface area (Å²) in [6.07, 6.45) is 3.69. The Morgan fingerprint density at radius 2 is 1.53 bits per heavy atom. The Kier molecular flexibility index (Phi) is 16.4. The lowest BCUT2D eigenvalue weighted by atomic mass is 10.0. The molecule has 0 spiro atoms. The summed E-state index contributed by atoms with van der Waals surface area (Å²) < 4.78 is 5.23. The van der Waals surface area contributed by atoms with Crippen LogP contribution in [0.4, 0.5) is 10.5 Å². The Bertz CT molecular complexity index is 1370. The van der Waals surface area contributed by atoms with Crippen molar-refractivity contribution in [1.82, 2.24) is 20.9 Å². The molecule has 2 rings (SSSR count). The van der Waals surface area contributed by atoms with E-state index in [9.17, 15) is 33.6 Å². The fourth-order valence-corrected chi connectivity index (χ4v) is 4.95. The van der Waals surface area contributed by atoms with Crippen molar-refractivity contribution in [3.05, 3.63) is 41.5 Å². The summed E-state index contributed by atoms with van der Waals surface area (Å²) in [6.45, 7) is 11.3. The first-order chi connectivity index (χ1) is 23.1. The lowest BCUT2D eigenvalue weighted by Gasteiger charge is -2.25. The van der Waals surface area contributed by atoms with E-state index in [0.29, 0.717) is 36.9 Å². The molecule has 1 aromatic rings. The van der Waals surface area contributed by atoms with Gasteiger partial charge >= 0.3 is 12.0 Å². The van der Waals surface area contributed by atoms with Gasteiger partial charge in [-0.2, -0.15) is 0 Å². The van der Waals surface area contributed by atoms with Crippen LogP contribution >= 0.6 is 0 Å². The van der Waals surface area contributed by atoms with Gasteiger partial charge in [-0.1, -0.05) is 60.1 Å². The highest BCUT2D eigenvalue weighted by atomic mass is 16.5. The summed E-state index contributed by atoms with van der Waals surface area (Å²) in [5.41, 5.74) is 6.84. The number of amides is 7. The molecule has 0 aromatic heterocycles. The van der Waals surface area contributed by atoms with Crippen LogP contribution in [-0.2, 0) is 40.1 Å². The number of primary amides is 1. The Morgan fingerprint density at radius 3 is 2.10 bits per heavy atom. The molecule has 0 saturated heterocycles. The van der Waals surface area contributed by atoms with E-state index in [-0.39, 0.29) is 74.0 Å². The number of hydrogen-bond donors (Lipinski definition) is 5. The number of esters is 1. The van der Waals surface area contributed by atoms with E-state index in [1.165, 1.54) is 11.0 Å². The average Bonchev–Trinajstić information content (AvgIpc) is 3.32. The first-order valence-corrected chi connectivity index (χ1v) is 16.9. The first kappa shape index (κ1) is 40.4. The van der Waals surface area contributed by atoms with Crippen LogP contribution in [0.2, 0.25) is 0 Å². The molecule has 14 nitrogen and oxygen atoms in total. The number of hydrogen-bond acceptors (Lipinski definition) is 8. The maximum absolute atomic E-state index is 13.4. The van der Waals surface area contributed by atoms with E-state index in [1.807, 2.05) is 13.8 Å². The van der Waals surface area contributed by atoms with E-state index in [1.54, 1.807) is 52.0 Å². The van der Waals surface area contributed by atoms with Crippen LogP contribution in [0.25, 0.3) is 0 Å². The van der Waals surface area contributed by atoms with E-state index < -0.39 is 29.9 Å². The number of imide groups is 1. The van der Waals surface area contributed by atoms with E-state index >= 15 is 0 Å². The van der Waals surface area contributed by atoms with Crippen molar-refractivity contribution < 1.29 is 38.3 Å². The number of unbranched alkanes of at least 4 members (excludes halogenated alkanes) is 2. The Balaban J connectivity index is 1.94. The number of nitrogens with two attached hydrogens (primary N) is 1. The minimum Gasteiger partial charge on any atom is -0.461 e. The van der Waals surface area contributed by atoms with Crippen LogP contribution in [0.3, 0.4) is 0 Å². The molecule has 0 aliphatic carbocycles. The van der Waals surface area contributed by atoms with Gasteiger partial charge in [0.15, 0.2) is 0 Å². The molecule has 0 bridgehead atoms. The molecule has 1 aliphatic rings. The molecular formula is C35H52N6O8. The molecular weight excluding hydrogens is 632 g/mol. The van der Waals surface area contributed by atoms with Crippen molar-refractivity contribution in [2.75, 3.05) is 18.4 Å². The average molecular weight is 685 g/mol. The number of nitrogens with zero attached hydrogens (tertiary/aromatic N) is 1. The van der Waals surface area contributed by atoms with Crippen molar-refractivity contribution in [1.29, 1.82) is 0 Å². The summed E-state index contributed by atoms with van der Waals surface area (Å²) in [5, 5.41) is 10.8. The quantitative estimate of drug-likeness (QED) is 0.0782. The molecule has 1 aromatic carbocycles. The summed E-state index contributed by atoms with van der Waals surface area (Å²) in [5.74, 6) is -2.84. The summed E-state index contributed by atoms with van der Waals surface area (Å²) in [7, 11) is 0. The fourth-order valence-electron chi connectivity index (χ4n) is 4.95. The van der Waals surface area contributed by atoms with Crippen LogP contribution in [0.15, 0.2) is 35.9 Å². The van der Waals surface area contributed by atoms with Gasteiger partial charge in [-0.25, -0.2) is 4.79 Å². The van der Waals surface area contributed by atoms with Gasteiger partial charge in [0, 0.05) is 36.8 Å². The Morgan fingerprint density at radius 1 is 0.857 bits per heavy atom. The van der Waals surface area contributed by atoms with Crippen LogP contribution in [0, 0.1) is 17.8 Å². The summed E-state index contributed by atoms with van der Waals surface area (Å²) >= 11 is 0. The monoisotopic (exact) mass is 684 g/mol. The number of rotatable bonds is 20. The lowest BCUT2D eigenvalue weighted by Crippen LogP contribution is -2.54. The van der Waals surface area contributed by atoms with Gasteiger partial charge < -0.3 is 31.7 Å². The second kappa shape index (κ2) is 19.9. The van der Waals surface area contributed by atoms with Crippen molar-refractivity contribution in [3.8, 4) is 0 Å². The molecule has 0 saturated carbocycles. The SMILES string of the molecule is CC(C)C(=O)OCc1ccc(NC(=O)[C@H](CCCNC(N)=O)NC(=O)[C@@H](NC(=O)CCCCCN2C(=O)C=C(C(C)C)C2=O)C(C)C)cc1. The zero-order valence-electron chi connectivity index (χ0n) is 29.4. The van der Waals surface area contributed by atoms with Gasteiger partial charge in [-0.05, 0) is 55.2 Å². The number of ether oxygens (including phenoxy) is 1. The van der Waals surface area contributed by atoms with Gasteiger partial charge in [0.05, 0.1) is 5.92 Å². The molecule has 0 radical (unpaired) electrons. The molecule has 1 heterocycles.